The number of hydrogen-bond acceptors (Lipinski definition) is 6. The summed E-state index contributed by atoms with van der Waals surface area (Å²) in [4.78, 5) is 29.8. The lowest BCUT2D eigenvalue weighted by molar-refractivity contribution is -0.529. The molecule has 4 rings (SSSR count). The fraction of sp³-hybridized carbons (Fsp3) is 0.500. The molecule has 2 aromatic carbocycles. The minimum absolute atomic E-state index is 0.0571. The van der Waals surface area contributed by atoms with Crippen molar-refractivity contribution in [2.24, 2.45) is 5.73 Å². The average Bonchev–Trinajstić information content (AvgIpc) is 3.23. The van der Waals surface area contributed by atoms with E-state index in [-0.39, 0.29) is 35.1 Å². The molecular formula is C34H50FN6O4+. The molecule has 0 bridgehead atoms. The van der Waals surface area contributed by atoms with Gasteiger partial charge in [0.2, 0.25) is 5.84 Å². The van der Waals surface area contributed by atoms with E-state index in [1.807, 2.05) is 40.0 Å². The molecule has 0 saturated carbocycles. The van der Waals surface area contributed by atoms with Crippen LogP contribution in [-0.2, 0) is 5.41 Å². The van der Waals surface area contributed by atoms with E-state index in [1.54, 1.807) is 12.3 Å². The number of ether oxygens (including phenoxy) is 1. The molecule has 5 atom stereocenters. The molecule has 2 amide bonds. The van der Waals surface area contributed by atoms with Crippen molar-refractivity contribution in [3.8, 4) is 5.75 Å². The summed E-state index contributed by atoms with van der Waals surface area (Å²) in [5.74, 6) is 0.515. The highest BCUT2D eigenvalue weighted by molar-refractivity contribution is 5.98. The normalized spacial score (nSPS) is 23.7. The lowest BCUT2D eigenvalue weighted by Crippen LogP contribution is -2.92. The fourth-order valence-electron chi connectivity index (χ4n) is 6.07. The zero-order chi connectivity index (χ0) is 33.5. The van der Waals surface area contributed by atoms with E-state index in [0.29, 0.717) is 42.3 Å². The van der Waals surface area contributed by atoms with Crippen LogP contribution >= 0.6 is 0 Å². The van der Waals surface area contributed by atoms with Crippen LogP contribution in [0.3, 0.4) is 0 Å². The smallest absolute Gasteiger partial charge is 0.255 e. The number of aliphatic hydroxyl groups is 1. The molecule has 246 valence electrons. The van der Waals surface area contributed by atoms with Gasteiger partial charge in [0.25, 0.3) is 11.8 Å². The summed E-state index contributed by atoms with van der Waals surface area (Å²) in [6, 6.07) is 10.3. The minimum atomic E-state index is -0.838. The van der Waals surface area contributed by atoms with Crippen molar-refractivity contribution in [2.75, 3.05) is 27.2 Å². The van der Waals surface area contributed by atoms with Crippen molar-refractivity contribution in [3.63, 3.8) is 0 Å². The zero-order valence-electron chi connectivity index (χ0n) is 27.5. The number of benzene rings is 2. The number of hydrogen-bond donors (Lipinski definition) is 6. The number of nitrogens with one attached hydrogen (secondary N) is 4. The second-order valence-corrected chi connectivity index (χ2v) is 12.5. The third-order valence-electron chi connectivity index (χ3n) is 9.12. The maximum Gasteiger partial charge on any atom is 0.255 e. The fourth-order valence-corrected chi connectivity index (χ4v) is 6.07. The predicted octanol–water partition coefficient (Wildman–Crippen LogP) is 1.43. The van der Waals surface area contributed by atoms with Crippen molar-refractivity contribution in [1.29, 1.82) is 0 Å². The first-order valence-electron chi connectivity index (χ1n) is 15.4. The molecule has 2 aliphatic heterocycles. The van der Waals surface area contributed by atoms with Gasteiger partial charge in [-0.1, -0.05) is 39.5 Å². The number of nitrogens with two attached hydrogens (primary N) is 1. The lowest BCUT2D eigenvalue weighted by Gasteiger charge is -2.41. The van der Waals surface area contributed by atoms with Gasteiger partial charge in [-0.3, -0.25) is 25.2 Å². The van der Waals surface area contributed by atoms with Gasteiger partial charge in [-0.05, 0) is 69.3 Å². The van der Waals surface area contributed by atoms with E-state index in [0.717, 1.165) is 12.0 Å². The van der Waals surface area contributed by atoms with E-state index in [4.69, 9.17) is 10.5 Å². The molecule has 5 unspecified atom stereocenters. The summed E-state index contributed by atoms with van der Waals surface area (Å²) in [6.07, 6.45) is 2.38. The molecule has 45 heavy (non-hydrogen) atoms. The first-order valence-corrected chi connectivity index (χ1v) is 15.4. The Kier molecular flexibility index (Phi) is 11.7. The Balaban J connectivity index is 0.000000423. The van der Waals surface area contributed by atoms with Crippen molar-refractivity contribution >= 4 is 17.6 Å². The van der Waals surface area contributed by atoms with Crippen LogP contribution < -0.4 is 31.4 Å². The third-order valence-corrected chi connectivity index (χ3v) is 9.12. The van der Waals surface area contributed by atoms with E-state index >= 15 is 0 Å². The summed E-state index contributed by atoms with van der Waals surface area (Å²) < 4.78 is 18.3. The van der Waals surface area contributed by atoms with Gasteiger partial charge < -0.3 is 25.8 Å². The molecule has 2 aliphatic rings. The van der Waals surface area contributed by atoms with Crippen LogP contribution in [0.15, 0.2) is 55.2 Å². The maximum absolute atomic E-state index is 13.4. The second-order valence-electron chi connectivity index (χ2n) is 12.5. The first-order chi connectivity index (χ1) is 21.2. The molecule has 10 nitrogen and oxygen atoms in total. The Labute approximate surface area is 266 Å². The Hall–Kier alpha value is -3.96. The topological polar surface area (TPSA) is 143 Å². The van der Waals surface area contributed by atoms with E-state index in [1.165, 1.54) is 31.3 Å². The van der Waals surface area contributed by atoms with Gasteiger partial charge in [0.05, 0.1) is 35.9 Å². The zero-order valence-corrected chi connectivity index (χ0v) is 27.5. The third kappa shape index (κ3) is 7.83. The Morgan fingerprint density at radius 2 is 1.89 bits per heavy atom. The second kappa shape index (κ2) is 14.9. The van der Waals surface area contributed by atoms with E-state index in [2.05, 4.69) is 46.3 Å². The Morgan fingerprint density at radius 3 is 2.49 bits per heavy atom. The van der Waals surface area contributed by atoms with Gasteiger partial charge in [-0.15, -0.1) is 0 Å². The van der Waals surface area contributed by atoms with Gasteiger partial charge in [0.15, 0.2) is 0 Å². The maximum atomic E-state index is 13.4. The highest BCUT2D eigenvalue weighted by Gasteiger charge is 2.56. The number of likely N-dealkylation sites (N-methyl/N-ethyl adjacent to an activating group) is 1. The standard InChI is InChI=1S/C26H41N5O3.C8H8FNO/c1-8-20(27)30-22(16(3)28-9-2)26(6)23(32)19(15-31(26)7)29-24(33)17-11-10-12-18-21(17)34-14-13-25(18,4)5;1-10-8(11)6-2-4-7(9)5-3-6/h9-12,16,19,22-23,28,32H,2,8,13-15H2,1,3-7H3,(H2,27,30)(H,29,33);2-5H,1H3,(H,10,11)/p+1. The highest BCUT2D eigenvalue weighted by Crippen LogP contribution is 2.40. The molecule has 0 spiro atoms. The SMILES string of the molecule is C=CNC(C)C([NH+]=C(N)CC)C1(C)C(O)C(NC(=O)c2cccc3c2OCCC3(C)C)CN1C.CNC(=O)c1ccc(F)cc1. The first kappa shape index (κ1) is 35.5. The largest absolute Gasteiger partial charge is 0.492 e. The van der Waals surface area contributed by atoms with Gasteiger partial charge in [-0.25, -0.2) is 4.39 Å². The van der Waals surface area contributed by atoms with Crippen LogP contribution in [0.1, 0.15) is 73.7 Å². The summed E-state index contributed by atoms with van der Waals surface area (Å²) in [5.41, 5.74) is 7.42. The van der Waals surface area contributed by atoms with Crippen LogP contribution in [0.25, 0.3) is 0 Å². The summed E-state index contributed by atoms with van der Waals surface area (Å²) >= 11 is 0. The molecule has 0 aromatic heterocycles. The van der Waals surface area contributed by atoms with Crippen molar-refractivity contribution < 1.29 is 28.8 Å². The van der Waals surface area contributed by atoms with Gasteiger partial charge in [0, 0.05) is 31.1 Å². The van der Waals surface area contributed by atoms with E-state index in [9.17, 15) is 19.1 Å². The number of carbonyl (C=O) groups excluding carboxylic acids is 2. The molecule has 11 heteroatoms. The molecular weight excluding hydrogens is 575 g/mol. The van der Waals surface area contributed by atoms with Gasteiger partial charge in [0.1, 0.15) is 17.6 Å². The number of rotatable bonds is 9. The molecule has 0 aliphatic carbocycles. The van der Waals surface area contributed by atoms with Crippen LogP contribution in [0, 0.1) is 5.82 Å². The van der Waals surface area contributed by atoms with Crippen molar-refractivity contribution in [1.82, 2.24) is 20.9 Å². The van der Waals surface area contributed by atoms with Gasteiger partial charge >= 0.3 is 0 Å². The molecule has 0 radical (unpaired) electrons. The lowest BCUT2D eigenvalue weighted by atomic mass is 9.79. The van der Waals surface area contributed by atoms with Gasteiger partial charge in [-0.2, -0.15) is 0 Å². The number of aliphatic hydroxyl groups excluding tert-OH is 1. The summed E-state index contributed by atoms with van der Waals surface area (Å²) in [5, 5.41) is 20.3. The van der Waals surface area contributed by atoms with Crippen molar-refractivity contribution in [3.05, 3.63) is 77.8 Å². The Bertz CT molecular complexity index is 1380. The van der Waals surface area contributed by atoms with Crippen LogP contribution in [0.5, 0.6) is 5.75 Å². The van der Waals surface area contributed by atoms with Crippen LogP contribution in [-0.4, -0.2) is 84.7 Å². The summed E-state index contributed by atoms with van der Waals surface area (Å²) in [7, 11) is 3.49. The van der Waals surface area contributed by atoms with E-state index < -0.39 is 17.7 Å². The average molecular weight is 626 g/mol. The van der Waals surface area contributed by atoms with Crippen molar-refractivity contribution in [2.45, 2.75) is 82.6 Å². The van der Waals surface area contributed by atoms with Crippen LogP contribution in [0.2, 0.25) is 0 Å². The molecule has 1 saturated heterocycles. The molecule has 2 aromatic rings. The summed E-state index contributed by atoms with van der Waals surface area (Å²) in [6.45, 7) is 15.2. The minimum Gasteiger partial charge on any atom is -0.492 e. The molecule has 2 heterocycles. The highest BCUT2D eigenvalue weighted by atomic mass is 19.1. The number of carbonyl (C=O) groups is 2. The number of para-hydroxylation sites is 1. The number of nitrogens with zero attached hydrogens (tertiary/aromatic N) is 1. The predicted molar refractivity (Wildman–Crippen MR) is 175 cm³/mol. The number of amides is 2. The number of amidine groups is 1. The number of halogens is 1. The quantitative estimate of drug-likeness (QED) is 0.183. The Morgan fingerprint density at radius 1 is 1.22 bits per heavy atom. The number of fused-ring (bicyclic) bond motifs is 1. The molecule has 7 N–H and O–H groups in total. The molecule has 1 fully saturated rings. The number of likely N-dealkylation sites (tertiary alicyclic amines) is 1. The monoisotopic (exact) mass is 625 g/mol. The van der Waals surface area contributed by atoms with Crippen LogP contribution in [0.4, 0.5) is 4.39 Å².